The van der Waals surface area contributed by atoms with Crippen molar-refractivity contribution >= 4 is 38.8 Å². The first-order chi connectivity index (χ1) is 14.8. The molecular formula is C17H20N6O6S2. The number of imidazole rings is 1. The van der Waals surface area contributed by atoms with E-state index in [-0.39, 0.29) is 23.2 Å². The summed E-state index contributed by atoms with van der Waals surface area (Å²) in [7, 11) is -3.76. The minimum absolute atomic E-state index is 0.0137. The van der Waals surface area contributed by atoms with Crippen LogP contribution in [-0.4, -0.2) is 73.2 Å². The molecule has 2 aromatic heterocycles. The highest BCUT2D eigenvalue weighted by Gasteiger charge is 2.44. The third kappa shape index (κ3) is 4.44. The van der Waals surface area contributed by atoms with Crippen molar-refractivity contribution in [3.05, 3.63) is 36.9 Å². The van der Waals surface area contributed by atoms with Gasteiger partial charge in [-0.15, -0.1) is 11.8 Å². The number of hydrogen-bond acceptors (Lipinski definition) is 11. The van der Waals surface area contributed by atoms with Gasteiger partial charge in [0.05, 0.1) is 11.2 Å². The molecule has 3 heterocycles. The van der Waals surface area contributed by atoms with E-state index in [9.17, 15) is 23.7 Å². The summed E-state index contributed by atoms with van der Waals surface area (Å²) in [5.74, 6) is 0.142. The molecule has 1 aromatic carbocycles. The fraction of sp³-hybridized carbons (Fsp3) is 0.353. The number of fused-ring (bicyclic) bond motifs is 1. The van der Waals surface area contributed by atoms with Crippen LogP contribution in [0.15, 0.2) is 41.8 Å². The van der Waals surface area contributed by atoms with E-state index in [1.165, 1.54) is 23.3 Å². The van der Waals surface area contributed by atoms with Crippen molar-refractivity contribution in [2.45, 2.75) is 29.4 Å². The molecular weight excluding hydrogens is 448 g/mol. The number of anilines is 1. The minimum atomic E-state index is -3.76. The zero-order chi connectivity index (χ0) is 22.2. The van der Waals surface area contributed by atoms with Crippen molar-refractivity contribution in [1.29, 1.82) is 0 Å². The van der Waals surface area contributed by atoms with E-state index in [1.807, 2.05) is 0 Å². The van der Waals surface area contributed by atoms with Gasteiger partial charge in [-0.2, -0.15) is 0 Å². The summed E-state index contributed by atoms with van der Waals surface area (Å²) in [4.78, 5) is 12.4. The Bertz CT molecular complexity index is 1190. The van der Waals surface area contributed by atoms with Gasteiger partial charge in [-0.05, 0) is 12.1 Å². The van der Waals surface area contributed by atoms with Gasteiger partial charge in [0.25, 0.3) is 0 Å². The molecule has 1 aliphatic heterocycles. The molecule has 2 unspecified atom stereocenters. The average molecular weight is 469 g/mol. The fourth-order valence-electron chi connectivity index (χ4n) is 3.15. The van der Waals surface area contributed by atoms with Gasteiger partial charge >= 0.3 is 0 Å². The summed E-state index contributed by atoms with van der Waals surface area (Å²) < 4.78 is 34.1. The van der Waals surface area contributed by atoms with Crippen molar-refractivity contribution in [3.8, 4) is 5.75 Å². The standard InChI is InChI=1S/C17H20N6O6S2/c18-15-12-16(20-6-19-15)23(7-21-12)17-14(26)13(25)10(29-17)5-22-31(27,28)8-30-11-4-2-1-3-9(11)24/h1-4,6-7,10,13-14,17,22,24-26H,5,8H2,(H2,18,19,20)/t10-,13?,14?,17-/m1/s1. The molecule has 0 amide bonds. The predicted molar refractivity (Wildman–Crippen MR) is 111 cm³/mol. The van der Waals surface area contributed by atoms with Gasteiger partial charge in [-0.3, -0.25) is 4.57 Å². The van der Waals surface area contributed by atoms with Crippen LogP contribution in [-0.2, 0) is 14.8 Å². The van der Waals surface area contributed by atoms with Crippen LogP contribution in [0.25, 0.3) is 11.2 Å². The minimum Gasteiger partial charge on any atom is -0.507 e. The largest absolute Gasteiger partial charge is 0.507 e. The molecule has 6 N–H and O–H groups in total. The molecule has 0 aliphatic carbocycles. The first-order valence-corrected chi connectivity index (χ1v) is 11.7. The third-order valence-electron chi connectivity index (χ3n) is 4.74. The summed E-state index contributed by atoms with van der Waals surface area (Å²) in [6.07, 6.45) is -2.16. The smallest absolute Gasteiger partial charge is 0.221 e. The number of nitrogen functional groups attached to an aromatic ring is 1. The van der Waals surface area contributed by atoms with Gasteiger partial charge in [0.15, 0.2) is 17.7 Å². The second-order valence-electron chi connectivity index (χ2n) is 6.82. The highest BCUT2D eigenvalue weighted by molar-refractivity contribution is 8.11. The van der Waals surface area contributed by atoms with Crippen LogP contribution in [0.2, 0.25) is 0 Å². The highest BCUT2D eigenvalue weighted by Crippen LogP contribution is 2.32. The average Bonchev–Trinajstić information content (AvgIpc) is 3.29. The number of benzene rings is 1. The van der Waals surface area contributed by atoms with Gasteiger partial charge in [0.1, 0.15) is 41.0 Å². The lowest BCUT2D eigenvalue weighted by atomic mass is 10.1. The number of thioether (sulfide) groups is 1. The molecule has 0 saturated carbocycles. The Morgan fingerprint density at radius 1 is 1.19 bits per heavy atom. The monoisotopic (exact) mass is 468 g/mol. The molecule has 3 aromatic rings. The van der Waals surface area contributed by atoms with E-state index in [2.05, 4.69) is 19.7 Å². The zero-order valence-electron chi connectivity index (χ0n) is 15.9. The van der Waals surface area contributed by atoms with Gasteiger partial charge in [-0.1, -0.05) is 12.1 Å². The lowest BCUT2D eigenvalue weighted by Gasteiger charge is -2.16. The number of nitrogens with zero attached hydrogens (tertiary/aromatic N) is 4. The number of aromatic hydroxyl groups is 1. The Hall–Kier alpha value is -2.49. The number of hydrogen-bond donors (Lipinski definition) is 5. The summed E-state index contributed by atoms with van der Waals surface area (Å²) in [5, 5.41) is 30.2. The van der Waals surface area contributed by atoms with E-state index in [0.29, 0.717) is 16.1 Å². The quantitative estimate of drug-likeness (QED) is 0.279. The summed E-state index contributed by atoms with van der Waals surface area (Å²) >= 11 is 0.948. The maximum atomic E-state index is 12.3. The number of ether oxygens (including phenoxy) is 1. The Labute approximate surface area is 181 Å². The molecule has 31 heavy (non-hydrogen) atoms. The second-order valence-corrected chi connectivity index (χ2v) is 10.0. The number of phenols is 1. The predicted octanol–water partition coefficient (Wildman–Crippen LogP) is -0.598. The zero-order valence-corrected chi connectivity index (χ0v) is 17.6. The first-order valence-electron chi connectivity index (χ1n) is 9.09. The Balaban J connectivity index is 1.41. The molecule has 4 rings (SSSR count). The SMILES string of the molecule is Nc1ncnc2c1ncn2[C@@H]1O[C@H](CNS(=O)(=O)CSc2ccccc2O)C(O)C1O. The van der Waals surface area contributed by atoms with Crippen molar-refractivity contribution < 1.29 is 28.5 Å². The number of aliphatic hydroxyl groups is 2. The molecule has 0 bridgehead atoms. The normalized spacial score (nSPS) is 24.1. The number of nitrogens with one attached hydrogen (secondary N) is 1. The van der Waals surface area contributed by atoms with Crippen LogP contribution in [0.5, 0.6) is 5.75 Å². The molecule has 4 atom stereocenters. The number of aliphatic hydroxyl groups excluding tert-OH is 2. The molecule has 1 aliphatic rings. The van der Waals surface area contributed by atoms with Gasteiger partial charge in [-0.25, -0.2) is 28.1 Å². The van der Waals surface area contributed by atoms with E-state index >= 15 is 0 Å². The van der Waals surface area contributed by atoms with Crippen LogP contribution in [0.1, 0.15) is 6.23 Å². The third-order valence-corrected chi connectivity index (χ3v) is 7.71. The lowest BCUT2D eigenvalue weighted by molar-refractivity contribution is -0.0330. The molecule has 166 valence electrons. The van der Waals surface area contributed by atoms with Crippen LogP contribution < -0.4 is 10.5 Å². The van der Waals surface area contributed by atoms with Crippen LogP contribution in [0.4, 0.5) is 5.82 Å². The number of phenolic OH excluding ortho intramolecular Hbond substituents is 1. The molecule has 12 nitrogen and oxygen atoms in total. The lowest BCUT2D eigenvalue weighted by Crippen LogP contribution is -2.40. The summed E-state index contributed by atoms with van der Waals surface area (Å²) in [6, 6.07) is 6.39. The molecule has 14 heteroatoms. The van der Waals surface area contributed by atoms with E-state index in [4.69, 9.17) is 10.5 Å². The van der Waals surface area contributed by atoms with Crippen molar-refractivity contribution in [2.75, 3.05) is 17.4 Å². The van der Waals surface area contributed by atoms with Crippen LogP contribution in [0.3, 0.4) is 0 Å². The molecule has 1 saturated heterocycles. The van der Waals surface area contributed by atoms with E-state index < -0.39 is 34.6 Å². The number of nitrogens with two attached hydrogens (primary N) is 1. The second kappa shape index (κ2) is 8.57. The Morgan fingerprint density at radius 3 is 2.74 bits per heavy atom. The number of rotatable bonds is 7. The van der Waals surface area contributed by atoms with Gasteiger partial charge in [0.2, 0.25) is 10.0 Å². The maximum Gasteiger partial charge on any atom is 0.221 e. The maximum absolute atomic E-state index is 12.3. The van der Waals surface area contributed by atoms with Crippen LogP contribution in [0, 0.1) is 0 Å². The van der Waals surface area contributed by atoms with E-state index in [1.54, 1.807) is 18.2 Å². The van der Waals surface area contributed by atoms with Gasteiger partial charge in [0, 0.05) is 6.54 Å². The Kier molecular flexibility index (Phi) is 6.00. The molecule has 0 spiro atoms. The fourth-order valence-corrected chi connectivity index (χ4v) is 5.43. The number of sulfonamides is 1. The van der Waals surface area contributed by atoms with Crippen LogP contribution >= 0.6 is 11.8 Å². The van der Waals surface area contributed by atoms with Crippen molar-refractivity contribution in [3.63, 3.8) is 0 Å². The molecule has 0 radical (unpaired) electrons. The highest BCUT2D eigenvalue weighted by atomic mass is 32.3. The number of para-hydroxylation sites is 1. The molecule has 1 fully saturated rings. The Morgan fingerprint density at radius 2 is 1.97 bits per heavy atom. The summed E-state index contributed by atoms with van der Waals surface area (Å²) in [6.45, 7) is -0.262. The van der Waals surface area contributed by atoms with Gasteiger partial charge < -0.3 is 25.8 Å². The number of aromatic nitrogens is 4. The summed E-state index contributed by atoms with van der Waals surface area (Å²) in [5.41, 5.74) is 6.39. The first kappa shape index (κ1) is 21.7. The van der Waals surface area contributed by atoms with E-state index in [0.717, 1.165) is 11.8 Å². The topological polar surface area (TPSA) is 186 Å². The van der Waals surface area contributed by atoms with Crippen molar-refractivity contribution in [2.24, 2.45) is 0 Å². The van der Waals surface area contributed by atoms with Crippen molar-refractivity contribution in [1.82, 2.24) is 24.2 Å².